The molecule has 0 aliphatic heterocycles. The zero-order valence-corrected chi connectivity index (χ0v) is 19.7. The Labute approximate surface area is 196 Å². The molecule has 0 saturated carbocycles. The van der Waals surface area contributed by atoms with Gasteiger partial charge in [0.2, 0.25) is 5.95 Å². The predicted molar refractivity (Wildman–Crippen MR) is 124 cm³/mol. The molecule has 34 heavy (non-hydrogen) atoms. The molecule has 11 heteroatoms. The molecule has 0 aliphatic carbocycles. The summed E-state index contributed by atoms with van der Waals surface area (Å²) < 4.78 is 18.3. The number of Topliss-reactive ketones (excluding diaryl/α,β-unsaturated/α-hetero) is 1. The molecule has 3 heterocycles. The van der Waals surface area contributed by atoms with Crippen LogP contribution in [0, 0.1) is 12.7 Å². The minimum atomic E-state index is -0.467. The number of hydrogen-bond acceptors (Lipinski definition) is 8. The van der Waals surface area contributed by atoms with Crippen LogP contribution in [0.5, 0.6) is 0 Å². The number of carbonyl (C=O) groups excluding carboxylic acids is 1. The zero-order valence-electron chi connectivity index (χ0n) is 19.7. The van der Waals surface area contributed by atoms with Gasteiger partial charge in [-0.3, -0.25) is 9.48 Å². The highest BCUT2D eigenvalue weighted by atomic mass is 19.1. The fourth-order valence-electron chi connectivity index (χ4n) is 3.36. The maximum Gasteiger partial charge on any atom is 0.230 e. The average molecular weight is 464 g/mol. The minimum absolute atomic E-state index is 0.136. The number of anilines is 2. The lowest BCUT2D eigenvalue weighted by atomic mass is 9.98. The topological polar surface area (TPSA) is 116 Å². The van der Waals surface area contributed by atoms with E-state index in [1.807, 2.05) is 27.7 Å². The first-order valence-electron chi connectivity index (χ1n) is 10.8. The Morgan fingerprint density at radius 3 is 2.65 bits per heavy atom. The second kappa shape index (κ2) is 9.08. The fourth-order valence-corrected chi connectivity index (χ4v) is 3.36. The third-order valence-electron chi connectivity index (χ3n) is 5.29. The van der Waals surface area contributed by atoms with Crippen LogP contribution in [0.4, 0.5) is 16.0 Å². The number of aromatic nitrogens is 8. The quantitative estimate of drug-likeness (QED) is 0.413. The van der Waals surface area contributed by atoms with Crippen LogP contribution in [0.1, 0.15) is 48.8 Å². The van der Waals surface area contributed by atoms with Crippen molar-refractivity contribution in [2.45, 2.75) is 46.1 Å². The van der Waals surface area contributed by atoms with Crippen molar-refractivity contribution in [2.75, 3.05) is 5.32 Å². The van der Waals surface area contributed by atoms with Crippen molar-refractivity contribution in [2.24, 2.45) is 7.05 Å². The number of nitrogens with zero attached hydrogens (tertiary/aromatic N) is 8. The number of aryl methyl sites for hydroxylation is 3. The first kappa shape index (κ1) is 23.1. The van der Waals surface area contributed by atoms with E-state index < -0.39 is 5.82 Å². The third kappa shape index (κ3) is 5.13. The molecule has 4 rings (SSSR count). The van der Waals surface area contributed by atoms with Crippen LogP contribution in [0.2, 0.25) is 0 Å². The predicted octanol–water partition coefficient (Wildman–Crippen LogP) is 3.63. The standard InChI is InChI=1S/C23H26FN9O/c1-14-8-17(21-25-13-26-22(29-21)28-16-10-27-32(5)11-16)18(24)9-15(14)6-7-20(34)19-12-33(31-30-19)23(2,3)4/h8-13H,6-7H2,1-5H3,(H,25,26,28,29). The number of nitrogens with one attached hydrogen (secondary N) is 1. The Hall–Kier alpha value is -4.02. The van der Waals surface area contributed by atoms with Gasteiger partial charge in [0, 0.05) is 19.7 Å². The molecule has 0 fully saturated rings. The van der Waals surface area contributed by atoms with Crippen molar-refractivity contribution in [1.29, 1.82) is 0 Å². The van der Waals surface area contributed by atoms with Gasteiger partial charge in [-0.15, -0.1) is 5.10 Å². The monoisotopic (exact) mass is 463 g/mol. The van der Waals surface area contributed by atoms with Crippen LogP contribution >= 0.6 is 0 Å². The van der Waals surface area contributed by atoms with E-state index in [0.717, 1.165) is 11.1 Å². The fraction of sp³-hybridized carbons (Fsp3) is 0.348. The number of carbonyl (C=O) groups is 1. The van der Waals surface area contributed by atoms with Gasteiger partial charge in [-0.2, -0.15) is 10.1 Å². The second-order valence-corrected chi connectivity index (χ2v) is 9.06. The van der Waals surface area contributed by atoms with E-state index in [2.05, 4.69) is 35.7 Å². The molecule has 176 valence electrons. The Morgan fingerprint density at radius 1 is 1.18 bits per heavy atom. The van der Waals surface area contributed by atoms with Gasteiger partial charge in [-0.05, 0) is 57.4 Å². The Morgan fingerprint density at radius 2 is 1.97 bits per heavy atom. The van der Waals surface area contributed by atoms with Crippen LogP contribution in [0.3, 0.4) is 0 Å². The number of ketones is 1. The molecule has 4 aromatic rings. The van der Waals surface area contributed by atoms with Crippen molar-refractivity contribution in [1.82, 2.24) is 39.7 Å². The summed E-state index contributed by atoms with van der Waals surface area (Å²) in [5, 5.41) is 15.1. The van der Waals surface area contributed by atoms with E-state index in [9.17, 15) is 4.79 Å². The van der Waals surface area contributed by atoms with E-state index in [0.29, 0.717) is 17.8 Å². The van der Waals surface area contributed by atoms with Crippen molar-refractivity contribution in [3.63, 3.8) is 0 Å². The molecule has 0 amide bonds. The number of benzene rings is 1. The molecule has 0 saturated heterocycles. The molecule has 0 bridgehead atoms. The summed E-state index contributed by atoms with van der Waals surface area (Å²) in [6, 6.07) is 3.12. The van der Waals surface area contributed by atoms with Gasteiger partial charge in [-0.25, -0.2) is 19.0 Å². The van der Waals surface area contributed by atoms with E-state index in [-0.39, 0.29) is 35.1 Å². The van der Waals surface area contributed by atoms with Gasteiger partial charge >= 0.3 is 0 Å². The molecule has 1 N–H and O–H groups in total. The van der Waals surface area contributed by atoms with Crippen molar-refractivity contribution < 1.29 is 9.18 Å². The lowest BCUT2D eigenvalue weighted by Crippen LogP contribution is -2.22. The minimum Gasteiger partial charge on any atom is -0.321 e. The van der Waals surface area contributed by atoms with Gasteiger partial charge in [0.15, 0.2) is 11.6 Å². The summed E-state index contributed by atoms with van der Waals surface area (Å²) in [7, 11) is 1.80. The van der Waals surface area contributed by atoms with Gasteiger partial charge in [0.1, 0.15) is 17.8 Å². The van der Waals surface area contributed by atoms with Crippen LogP contribution in [-0.4, -0.2) is 45.5 Å². The highest BCUT2D eigenvalue weighted by Crippen LogP contribution is 2.25. The maximum atomic E-state index is 15.0. The van der Waals surface area contributed by atoms with E-state index in [4.69, 9.17) is 0 Å². The molecule has 0 atom stereocenters. The van der Waals surface area contributed by atoms with E-state index in [1.165, 1.54) is 12.4 Å². The SMILES string of the molecule is Cc1cc(-c2ncnc(Nc3cnn(C)c3)n2)c(F)cc1CCC(=O)c1cn(C(C)(C)C)nn1. The molecular formula is C23H26FN9O. The van der Waals surface area contributed by atoms with Crippen LogP contribution < -0.4 is 5.32 Å². The Bertz CT molecular complexity index is 1340. The second-order valence-electron chi connectivity index (χ2n) is 9.06. The first-order chi connectivity index (χ1) is 16.1. The van der Waals surface area contributed by atoms with Crippen LogP contribution in [-0.2, 0) is 19.0 Å². The lowest BCUT2D eigenvalue weighted by Gasteiger charge is -2.17. The normalized spacial score (nSPS) is 11.6. The number of halogens is 1. The van der Waals surface area contributed by atoms with Gasteiger partial charge in [0.25, 0.3) is 0 Å². The van der Waals surface area contributed by atoms with Gasteiger partial charge < -0.3 is 5.32 Å². The first-order valence-corrected chi connectivity index (χ1v) is 10.8. The summed E-state index contributed by atoms with van der Waals surface area (Å²) in [6.45, 7) is 7.81. The van der Waals surface area contributed by atoms with E-state index in [1.54, 1.807) is 41.1 Å². The van der Waals surface area contributed by atoms with Crippen LogP contribution in [0.15, 0.2) is 37.1 Å². The Kier molecular flexibility index (Phi) is 6.18. The molecule has 0 radical (unpaired) electrons. The smallest absolute Gasteiger partial charge is 0.230 e. The molecule has 10 nitrogen and oxygen atoms in total. The largest absolute Gasteiger partial charge is 0.321 e. The van der Waals surface area contributed by atoms with Crippen molar-refractivity contribution in [3.8, 4) is 11.4 Å². The van der Waals surface area contributed by atoms with Gasteiger partial charge in [0.05, 0.1) is 29.2 Å². The lowest BCUT2D eigenvalue weighted by molar-refractivity contribution is 0.0978. The summed E-state index contributed by atoms with van der Waals surface area (Å²) in [4.78, 5) is 25.1. The van der Waals surface area contributed by atoms with Gasteiger partial charge in [-0.1, -0.05) is 5.21 Å². The maximum absolute atomic E-state index is 15.0. The highest BCUT2D eigenvalue weighted by molar-refractivity contribution is 5.94. The summed E-state index contributed by atoms with van der Waals surface area (Å²) in [5.41, 5.74) is 2.59. The Balaban J connectivity index is 1.48. The van der Waals surface area contributed by atoms with Crippen LogP contribution in [0.25, 0.3) is 11.4 Å². The van der Waals surface area contributed by atoms with Crippen molar-refractivity contribution in [3.05, 3.63) is 59.7 Å². The summed E-state index contributed by atoms with van der Waals surface area (Å²) >= 11 is 0. The highest BCUT2D eigenvalue weighted by Gasteiger charge is 2.19. The summed E-state index contributed by atoms with van der Waals surface area (Å²) in [5.74, 6) is -0.107. The summed E-state index contributed by atoms with van der Waals surface area (Å²) in [6.07, 6.45) is 6.97. The molecule has 1 aromatic carbocycles. The number of rotatable bonds is 7. The van der Waals surface area contributed by atoms with Crippen molar-refractivity contribution >= 4 is 17.4 Å². The number of hydrogen-bond donors (Lipinski definition) is 1. The molecule has 0 spiro atoms. The molecule has 3 aromatic heterocycles. The molecular weight excluding hydrogens is 437 g/mol. The molecule has 0 unspecified atom stereocenters. The zero-order chi connectivity index (χ0) is 24.5. The average Bonchev–Trinajstić information content (AvgIpc) is 3.43. The van der Waals surface area contributed by atoms with E-state index >= 15 is 4.39 Å². The molecule has 0 aliphatic rings. The third-order valence-corrected chi connectivity index (χ3v) is 5.29.